The van der Waals surface area contributed by atoms with E-state index in [0.29, 0.717) is 4.83 Å². The molecular formula is C25H33BrN2. The fraction of sp³-hybridized carbons (Fsp3) is 0.480. The van der Waals surface area contributed by atoms with E-state index in [1.807, 2.05) is 0 Å². The van der Waals surface area contributed by atoms with Crippen molar-refractivity contribution in [2.24, 2.45) is 0 Å². The smallest absolute Gasteiger partial charge is 0.0587 e. The molecule has 28 heavy (non-hydrogen) atoms. The molecular weight excluding hydrogens is 408 g/mol. The van der Waals surface area contributed by atoms with Crippen LogP contribution in [0, 0.1) is 11.3 Å². The topological polar surface area (TPSA) is 27.0 Å². The SMILES string of the molecule is CC#N.CCCN(CCCc1ccc(C2CCC2Br)cc1)Cc1ccccc1. The Labute approximate surface area is 179 Å². The van der Waals surface area contributed by atoms with Gasteiger partial charge in [0, 0.05) is 18.3 Å². The van der Waals surface area contributed by atoms with E-state index in [4.69, 9.17) is 5.26 Å². The molecule has 2 aromatic rings. The van der Waals surface area contributed by atoms with Crippen molar-refractivity contribution in [1.29, 1.82) is 5.26 Å². The van der Waals surface area contributed by atoms with Crippen LogP contribution in [0.15, 0.2) is 54.6 Å². The molecule has 2 atom stereocenters. The Morgan fingerprint density at radius 1 is 1.00 bits per heavy atom. The van der Waals surface area contributed by atoms with Crippen LogP contribution >= 0.6 is 15.9 Å². The highest BCUT2D eigenvalue weighted by Gasteiger charge is 2.29. The van der Waals surface area contributed by atoms with Crippen molar-refractivity contribution in [3.63, 3.8) is 0 Å². The van der Waals surface area contributed by atoms with Crippen LogP contribution in [-0.2, 0) is 13.0 Å². The van der Waals surface area contributed by atoms with Gasteiger partial charge in [-0.2, -0.15) is 5.26 Å². The summed E-state index contributed by atoms with van der Waals surface area (Å²) in [5, 5.41) is 7.32. The zero-order valence-electron chi connectivity index (χ0n) is 17.3. The van der Waals surface area contributed by atoms with Gasteiger partial charge in [0.25, 0.3) is 0 Å². The second kappa shape index (κ2) is 12.8. The highest BCUT2D eigenvalue weighted by atomic mass is 79.9. The molecule has 3 heteroatoms. The van der Waals surface area contributed by atoms with Crippen LogP contribution < -0.4 is 0 Å². The highest BCUT2D eigenvalue weighted by Crippen LogP contribution is 2.41. The zero-order chi connectivity index (χ0) is 20.2. The Morgan fingerprint density at radius 3 is 2.21 bits per heavy atom. The summed E-state index contributed by atoms with van der Waals surface area (Å²) in [4.78, 5) is 3.28. The van der Waals surface area contributed by atoms with Crippen LogP contribution in [-0.4, -0.2) is 22.8 Å². The van der Waals surface area contributed by atoms with E-state index in [-0.39, 0.29) is 0 Å². The quantitative estimate of drug-likeness (QED) is 0.405. The molecule has 1 aliphatic carbocycles. The molecule has 1 fully saturated rings. The first-order valence-corrected chi connectivity index (χ1v) is 11.4. The van der Waals surface area contributed by atoms with E-state index in [9.17, 15) is 0 Å². The number of hydrogen-bond acceptors (Lipinski definition) is 2. The van der Waals surface area contributed by atoms with Crippen molar-refractivity contribution in [2.75, 3.05) is 13.1 Å². The summed E-state index contributed by atoms with van der Waals surface area (Å²) in [6.07, 6.45) is 6.28. The highest BCUT2D eigenvalue weighted by molar-refractivity contribution is 9.09. The number of nitriles is 1. The van der Waals surface area contributed by atoms with E-state index < -0.39 is 0 Å². The van der Waals surface area contributed by atoms with Gasteiger partial charge < -0.3 is 0 Å². The lowest BCUT2D eigenvalue weighted by atomic mass is 9.79. The molecule has 0 N–H and O–H groups in total. The molecule has 2 unspecified atom stereocenters. The molecule has 3 rings (SSSR count). The van der Waals surface area contributed by atoms with Crippen molar-refractivity contribution in [3.05, 3.63) is 71.3 Å². The summed E-state index contributed by atoms with van der Waals surface area (Å²) >= 11 is 3.78. The first-order valence-electron chi connectivity index (χ1n) is 10.5. The first-order chi connectivity index (χ1) is 13.7. The lowest BCUT2D eigenvalue weighted by Crippen LogP contribution is -2.25. The predicted molar refractivity (Wildman–Crippen MR) is 123 cm³/mol. The molecule has 1 saturated carbocycles. The monoisotopic (exact) mass is 440 g/mol. The number of benzene rings is 2. The number of rotatable bonds is 9. The Morgan fingerprint density at radius 2 is 1.68 bits per heavy atom. The van der Waals surface area contributed by atoms with Crippen molar-refractivity contribution >= 4 is 15.9 Å². The first kappa shape index (κ1) is 22.7. The van der Waals surface area contributed by atoms with Crippen LogP contribution in [0.1, 0.15) is 62.1 Å². The number of nitrogens with zero attached hydrogens (tertiary/aromatic N) is 2. The molecule has 0 aromatic heterocycles. The van der Waals surface area contributed by atoms with Crippen LogP contribution in [0.2, 0.25) is 0 Å². The molecule has 2 aromatic carbocycles. The number of alkyl halides is 1. The van der Waals surface area contributed by atoms with E-state index in [2.05, 4.69) is 82.4 Å². The number of halogens is 1. The molecule has 2 nitrogen and oxygen atoms in total. The molecule has 0 bridgehead atoms. The lowest BCUT2D eigenvalue weighted by molar-refractivity contribution is 0.262. The average Bonchev–Trinajstić information content (AvgIpc) is 2.70. The fourth-order valence-electron chi connectivity index (χ4n) is 3.70. The van der Waals surface area contributed by atoms with Gasteiger partial charge in [-0.15, -0.1) is 0 Å². The van der Waals surface area contributed by atoms with Gasteiger partial charge in [-0.1, -0.05) is 77.5 Å². The normalized spacial score (nSPS) is 18.0. The molecule has 0 amide bonds. The maximum atomic E-state index is 7.32. The van der Waals surface area contributed by atoms with Gasteiger partial charge in [0.2, 0.25) is 0 Å². The maximum Gasteiger partial charge on any atom is 0.0587 e. The minimum absolute atomic E-state index is 0.693. The molecule has 150 valence electrons. The van der Waals surface area contributed by atoms with Gasteiger partial charge >= 0.3 is 0 Å². The van der Waals surface area contributed by atoms with Crippen LogP contribution in [0.25, 0.3) is 0 Å². The summed E-state index contributed by atoms with van der Waals surface area (Å²) in [5.74, 6) is 0.736. The van der Waals surface area contributed by atoms with E-state index in [1.165, 1.54) is 68.8 Å². The van der Waals surface area contributed by atoms with Gasteiger partial charge in [-0.25, -0.2) is 0 Å². The molecule has 1 aliphatic rings. The molecule has 0 saturated heterocycles. The third-order valence-corrected chi connectivity index (χ3v) is 6.42. The fourth-order valence-corrected chi connectivity index (χ4v) is 4.53. The Balaban J connectivity index is 0.000000878. The van der Waals surface area contributed by atoms with Crippen molar-refractivity contribution in [2.45, 2.75) is 63.2 Å². The molecule has 0 spiro atoms. The predicted octanol–water partition coefficient (Wildman–Crippen LogP) is 6.70. The number of aryl methyl sites for hydroxylation is 1. The second-order valence-corrected chi connectivity index (χ2v) is 8.71. The Kier molecular flexibility index (Phi) is 10.3. The minimum Gasteiger partial charge on any atom is -0.299 e. The minimum atomic E-state index is 0.693. The van der Waals surface area contributed by atoms with Crippen molar-refractivity contribution in [3.8, 4) is 6.07 Å². The molecule has 0 aliphatic heterocycles. The molecule has 0 heterocycles. The Hall–Kier alpha value is -1.63. The summed E-state index contributed by atoms with van der Waals surface area (Å²) in [5.41, 5.74) is 4.41. The lowest BCUT2D eigenvalue weighted by Gasteiger charge is -2.32. The van der Waals surface area contributed by atoms with Crippen LogP contribution in [0.4, 0.5) is 0 Å². The largest absolute Gasteiger partial charge is 0.299 e. The van der Waals surface area contributed by atoms with Gasteiger partial charge in [0.05, 0.1) is 6.07 Å². The van der Waals surface area contributed by atoms with Crippen LogP contribution in [0.3, 0.4) is 0 Å². The summed E-state index contributed by atoms with van der Waals surface area (Å²) in [6, 6.07) is 22.0. The van der Waals surface area contributed by atoms with E-state index >= 15 is 0 Å². The van der Waals surface area contributed by atoms with Gasteiger partial charge in [0.15, 0.2) is 0 Å². The molecule has 0 radical (unpaired) electrons. The summed E-state index contributed by atoms with van der Waals surface area (Å²) in [7, 11) is 0. The second-order valence-electron chi connectivity index (χ2n) is 7.53. The van der Waals surface area contributed by atoms with Gasteiger partial charge in [-0.3, -0.25) is 4.90 Å². The van der Waals surface area contributed by atoms with Crippen LogP contribution in [0.5, 0.6) is 0 Å². The van der Waals surface area contributed by atoms with Gasteiger partial charge in [0.1, 0.15) is 0 Å². The van der Waals surface area contributed by atoms with Crippen molar-refractivity contribution < 1.29 is 0 Å². The standard InChI is InChI=1S/C23H30BrN.C2H3N/c1-2-16-25(18-20-7-4-3-5-8-20)17-6-9-19-10-12-21(13-11-19)22-14-15-23(22)24;1-2-3/h3-5,7-8,10-13,22-23H,2,6,9,14-18H2,1H3;1H3. The zero-order valence-corrected chi connectivity index (χ0v) is 18.9. The van der Waals surface area contributed by atoms with E-state index in [0.717, 1.165) is 12.5 Å². The number of hydrogen-bond donors (Lipinski definition) is 0. The maximum absolute atomic E-state index is 7.32. The third-order valence-electron chi connectivity index (χ3n) is 5.33. The Bertz CT molecular complexity index is 706. The average molecular weight is 441 g/mol. The third kappa shape index (κ3) is 7.41. The van der Waals surface area contributed by atoms with Crippen molar-refractivity contribution in [1.82, 2.24) is 4.90 Å². The summed E-state index contributed by atoms with van der Waals surface area (Å²) in [6.45, 7) is 7.13. The summed E-state index contributed by atoms with van der Waals surface area (Å²) < 4.78 is 0. The van der Waals surface area contributed by atoms with E-state index in [1.54, 1.807) is 6.07 Å². The van der Waals surface area contributed by atoms with Gasteiger partial charge in [-0.05, 0) is 67.8 Å².